The number of carbonyl (C=O) groups excluding carboxylic acids is 1. The van der Waals surface area contributed by atoms with Crippen LogP contribution in [-0.2, 0) is 11.2 Å². The quantitative estimate of drug-likeness (QED) is 0.653. The van der Waals surface area contributed by atoms with Crippen LogP contribution in [0.25, 0.3) is 0 Å². The van der Waals surface area contributed by atoms with Crippen LogP contribution in [0.2, 0.25) is 0 Å². The fourth-order valence-corrected chi connectivity index (χ4v) is 4.02. The molecule has 7 heteroatoms. The van der Waals surface area contributed by atoms with Crippen LogP contribution in [0.4, 0.5) is 5.13 Å². The molecule has 0 bridgehead atoms. The highest BCUT2D eigenvalue weighted by Crippen LogP contribution is 2.29. The molecule has 0 radical (unpaired) electrons. The summed E-state index contributed by atoms with van der Waals surface area (Å²) in [5, 5.41) is 13.9. The summed E-state index contributed by atoms with van der Waals surface area (Å²) in [5.74, 6) is -0.0429. The van der Waals surface area contributed by atoms with Gasteiger partial charge in [0, 0.05) is 10.1 Å². The largest absolute Gasteiger partial charge is 0.300 e. The Labute approximate surface area is 124 Å². The van der Waals surface area contributed by atoms with Gasteiger partial charge < -0.3 is 5.32 Å². The lowest BCUT2D eigenvalue weighted by atomic mass is 10.3. The van der Waals surface area contributed by atoms with E-state index in [1.165, 1.54) is 11.3 Å². The highest BCUT2D eigenvalue weighted by atomic mass is 32.2. The van der Waals surface area contributed by atoms with Crippen molar-refractivity contribution < 1.29 is 4.79 Å². The average molecular weight is 313 g/mol. The maximum atomic E-state index is 11.8. The first-order valence-corrected chi connectivity index (χ1v) is 8.57. The Morgan fingerprint density at radius 1 is 1.53 bits per heavy atom. The molecule has 4 nitrogen and oxygen atoms in total. The Morgan fingerprint density at radius 2 is 2.37 bits per heavy atom. The third kappa shape index (κ3) is 4.59. The number of aromatic nitrogens is 2. The number of nitrogens with one attached hydrogen (secondary N) is 1. The number of anilines is 1. The fraction of sp³-hybridized carbons (Fsp3) is 0.417. The van der Waals surface area contributed by atoms with Crippen LogP contribution in [-0.4, -0.2) is 21.4 Å². The minimum absolute atomic E-state index is 0.0429. The number of carbonyl (C=O) groups is 1. The van der Waals surface area contributed by atoms with E-state index in [9.17, 15) is 4.79 Å². The Kier molecular flexibility index (Phi) is 5.35. The van der Waals surface area contributed by atoms with E-state index in [-0.39, 0.29) is 5.91 Å². The van der Waals surface area contributed by atoms with Crippen molar-refractivity contribution in [3.05, 3.63) is 22.4 Å². The van der Waals surface area contributed by atoms with Crippen molar-refractivity contribution in [2.45, 2.75) is 36.3 Å². The molecule has 0 unspecified atom stereocenters. The highest BCUT2D eigenvalue weighted by molar-refractivity contribution is 8.01. The molecule has 2 rings (SSSR count). The molecule has 2 aromatic heterocycles. The van der Waals surface area contributed by atoms with Crippen LogP contribution < -0.4 is 5.32 Å². The molecule has 1 amide bonds. The average Bonchev–Trinajstić information content (AvgIpc) is 3.01. The second kappa shape index (κ2) is 7.02. The first kappa shape index (κ1) is 14.5. The molecule has 0 spiro atoms. The van der Waals surface area contributed by atoms with Crippen LogP contribution in [0, 0.1) is 0 Å². The zero-order valence-electron chi connectivity index (χ0n) is 10.8. The van der Waals surface area contributed by atoms with E-state index in [1.807, 2.05) is 17.5 Å². The summed E-state index contributed by atoms with van der Waals surface area (Å²) < 4.78 is 0.903. The van der Waals surface area contributed by atoms with Crippen molar-refractivity contribution in [3.63, 3.8) is 0 Å². The van der Waals surface area contributed by atoms with Crippen molar-refractivity contribution in [1.29, 1.82) is 0 Å². The molecule has 0 aromatic carbocycles. The lowest BCUT2D eigenvalue weighted by molar-refractivity contribution is -0.115. The summed E-state index contributed by atoms with van der Waals surface area (Å²) in [7, 11) is 0. The van der Waals surface area contributed by atoms with Crippen molar-refractivity contribution in [2.75, 3.05) is 5.32 Å². The minimum Gasteiger partial charge on any atom is -0.300 e. The third-order valence-electron chi connectivity index (χ3n) is 2.44. The summed E-state index contributed by atoms with van der Waals surface area (Å²) in [6.45, 7) is 4.30. The maximum absolute atomic E-state index is 11.8. The molecule has 19 heavy (non-hydrogen) atoms. The van der Waals surface area contributed by atoms with Gasteiger partial charge in [0.25, 0.3) is 0 Å². The molecular formula is C12H15N3OS3. The van der Waals surface area contributed by atoms with Gasteiger partial charge in [0.15, 0.2) is 4.34 Å². The molecule has 0 saturated carbocycles. The Balaban J connectivity index is 1.87. The number of amides is 1. The van der Waals surface area contributed by atoms with Crippen LogP contribution in [0.5, 0.6) is 0 Å². The van der Waals surface area contributed by atoms with Gasteiger partial charge in [-0.2, -0.15) is 0 Å². The standard InChI is InChI=1S/C12H15N3OS3/c1-3-8(2)18-12-15-14-11(19-12)13-10(16)7-9-5-4-6-17-9/h4-6,8H,3,7H2,1-2H3,(H,13,14,16)/t8-/m0/s1. The second-order valence-corrected chi connectivity index (χ2v) is 7.71. The number of hydrogen-bond donors (Lipinski definition) is 1. The van der Waals surface area contributed by atoms with Gasteiger partial charge in [0.2, 0.25) is 11.0 Å². The van der Waals surface area contributed by atoms with Crippen molar-refractivity contribution >= 4 is 45.5 Å². The molecule has 1 N–H and O–H groups in total. The molecular weight excluding hydrogens is 298 g/mol. The zero-order valence-corrected chi connectivity index (χ0v) is 13.2. The van der Waals surface area contributed by atoms with Crippen molar-refractivity contribution in [1.82, 2.24) is 10.2 Å². The number of thiophene rings is 1. The normalized spacial score (nSPS) is 12.3. The smallest absolute Gasteiger partial charge is 0.231 e. The first-order valence-electron chi connectivity index (χ1n) is 5.99. The topological polar surface area (TPSA) is 54.9 Å². The summed E-state index contributed by atoms with van der Waals surface area (Å²) >= 11 is 4.70. The molecule has 0 fully saturated rings. The molecule has 0 saturated heterocycles. The van der Waals surface area contributed by atoms with Crippen molar-refractivity contribution in [3.8, 4) is 0 Å². The Bertz CT molecular complexity index is 524. The predicted molar refractivity (Wildman–Crippen MR) is 82.2 cm³/mol. The van der Waals surface area contributed by atoms with Gasteiger partial charge in [-0.15, -0.1) is 21.5 Å². The summed E-state index contributed by atoms with van der Waals surface area (Å²) in [6, 6.07) is 3.90. The summed E-state index contributed by atoms with van der Waals surface area (Å²) in [4.78, 5) is 12.8. The van der Waals surface area contributed by atoms with Crippen LogP contribution >= 0.6 is 34.4 Å². The fourth-order valence-electron chi connectivity index (χ4n) is 1.30. The molecule has 0 aliphatic carbocycles. The lowest BCUT2D eigenvalue weighted by Gasteiger charge is -2.02. The van der Waals surface area contributed by atoms with E-state index in [0.29, 0.717) is 16.8 Å². The van der Waals surface area contributed by atoms with E-state index in [2.05, 4.69) is 29.4 Å². The molecule has 2 aromatic rings. The van der Waals surface area contributed by atoms with Gasteiger partial charge in [-0.05, 0) is 17.9 Å². The lowest BCUT2D eigenvalue weighted by Crippen LogP contribution is -2.13. The van der Waals surface area contributed by atoms with Gasteiger partial charge in [-0.25, -0.2) is 0 Å². The van der Waals surface area contributed by atoms with Gasteiger partial charge in [-0.3, -0.25) is 4.79 Å². The van der Waals surface area contributed by atoms with E-state index in [4.69, 9.17) is 0 Å². The summed E-state index contributed by atoms with van der Waals surface area (Å²) in [6.07, 6.45) is 1.48. The monoisotopic (exact) mass is 313 g/mol. The van der Waals surface area contributed by atoms with Crippen LogP contribution in [0.1, 0.15) is 25.1 Å². The van der Waals surface area contributed by atoms with Gasteiger partial charge in [0.05, 0.1) is 6.42 Å². The van der Waals surface area contributed by atoms with Crippen LogP contribution in [0.15, 0.2) is 21.9 Å². The molecule has 0 aliphatic heterocycles. The number of nitrogens with zero attached hydrogens (tertiary/aromatic N) is 2. The van der Waals surface area contributed by atoms with E-state index in [0.717, 1.165) is 15.6 Å². The first-order chi connectivity index (χ1) is 9.17. The summed E-state index contributed by atoms with van der Waals surface area (Å²) in [5.41, 5.74) is 0. The van der Waals surface area contributed by atoms with Gasteiger partial charge in [-0.1, -0.05) is 43.0 Å². The Morgan fingerprint density at radius 3 is 3.05 bits per heavy atom. The predicted octanol–water partition coefficient (Wildman–Crippen LogP) is 3.67. The number of rotatable bonds is 6. The van der Waals surface area contributed by atoms with Crippen molar-refractivity contribution in [2.24, 2.45) is 0 Å². The Hall–Kier alpha value is -0.920. The second-order valence-electron chi connectivity index (χ2n) is 4.01. The van der Waals surface area contributed by atoms with E-state index >= 15 is 0 Å². The number of thioether (sulfide) groups is 1. The third-order valence-corrected chi connectivity index (χ3v) is 5.51. The van der Waals surface area contributed by atoms with Gasteiger partial charge in [0.1, 0.15) is 0 Å². The molecule has 0 aliphatic rings. The molecule has 1 atom stereocenters. The van der Waals surface area contributed by atoms with E-state index < -0.39 is 0 Å². The van der Waals surface area contributed by atoms with Crippen LogP contribution in [0.3, 0.4) is 0 Å². The SMILES string of the molecule is CC[C@H](C)Sc1nnc(NC(=O)Cc2cccs2)s1. The maximum Gasteiger partial charge on any atom is 0.231 e. The minimum atomic E-state index is -0.0429. The number of hydrogen-bond acceptors (Lipinski definition) is 6. The van der Waals surface area contributed by atoms with Gasteiger partial charge >= 0.3 is 0 Å². The van der Waals surface area contributed by atoms with E-state index in [1.54, 1.807) is 23.1 Å². The molecule has 102 valence electrons. The zero-order chi connectivity index (χ0) is 13.7. The highest BCUT2D eigenvalue weighted by Gasteiger charge is 2.11. The molecule has 2 heterocycles.